The molecule has 1 unspecified atom stereocenters. The van der Waals surface area contributed by atoms with E-state index in [2.05, 4.69) is 20.7 Å². The molecule has 1 aromatic rings. The van der Waals surface area contributed by atoms with Gasteiger partial charge in [0.1, 0.15) is 0 Å². The first-order chi connectivity index (χ1) is 5.86. The van der Waals surface area contributed by atoms with Crippen molar-refractivity contribution >= 4 is 0 Å². The predicted octanol–water partition coefficient (Wildman–Crippen LogP) is -0.323. The van der Waals surface area contributed by atoms with Crippen molar-refractivity contribution in [1.82, 2.24) is 25.5 Å². The lowest BCUT2D eigenvalue weighted by Gasteiger charge is -2.19. The summed E-state index contributed by atoms with van der Waals surface area (Å²) < 4.78 is 0. The van der Waals surface area contributed by atoms with Crippen molar-refractivity contribution in [3.8, 4) is 0 Å². The summed E-state index contributed by atoms with van der Waals surface area (Å²) in [5.74, 6) is 1.34. The Hall–Kier alpha value is -0.970. The predicted molar refractivity (Wildman–Crippen MR) is 43.6 cm³/mol. The summed E-state index contributed by atoms with van der Waals surface area (Å²) in [7, 11) is 1.80. The number of hydrogen-bond acceptors (Lipinski definition) is 4. The molecule has 1 atom stereocenters. The zero-order chi connectivity index (χ0) is 8.39. The molecule has 0 radical (unpaired) electrons. The average molecular weight is 167 g/mol. The van der Waals surface area contributed by atoms with Crippen LogP contribution in [-0.4, -0.2) is 33.3 Å². The monoisotopic (exact) mass is 167 g/mol. The molecule has 1 fully saturated rings. The highest BCUT2D eigenvalue weighted by Gasteiger charge is 2.18. The number of nitrogens with one attached hydrogen (secondary N) is 1. The maximum absolute atomic E-state index is 4.19. The summed E-state index contributed by atoms with van der Waals surface area (Å²) in [6.07, 6.45) is 2.39. The van der Waals surface area contributed by atoms with E-state index in [1.807, 2.05) is 0 Å². The Morgan fingerprint density at radius 2 is 2.50 bits per heavy atom. The number of hydrogen-bond donors (Lipinski definition) is 1. The number of nitrogens with zero attached hydrogens (tertiary/aromatic N) is 4. The van der Waals surface area contributed by atoms with E-state index in [0.717, 1.165) is 18.9 Å². The number of piperidine rings is 1. The second kappa shape index (κ2) is 3.18. The number of aryl methyl sites for hydroxylation is 1. The topological polar surface area (TPSA) is 55.6 Å². The van der Waals surface area contributed by atoms with E-state index in [-0.39, 0.29) is 0 Å². The van der Waals surface area contributed by atoms with E-state index in [0.29, 0.717) is 5.92 Å². The van der Waals surface area contributed by atoms with Crippen LogP contribution in [0.3, 0.4) is 0 Å². The number of aromatic nitrogens is 4. The Morgan fingerprint density at radius 3 is 3.08 bits per heavy atom. The van der Waals surface area contributed by atoms with Gasteiger partial charge in [-0.15, -0.1) is 10.2 Å². The van der Waals surface area contributed by atoms with Gasteiger partial charge in [0.25, 0.3) is 0 Å². The van der Waals surface area contributed by atoms with Gasteiger partial charge < -0.3 is 5.32 Å². The average Bonchev–Trinajstić information content (AvgIpc) is 2.54. The Balaban J connectivity index is 2.08. The molecule has 2 heterocycles. The molecule has 1 aromatic heterocycles. The Kier molecular flexibility index (Phi) is 2.03. The van der Waals surface area contributed by atoms with Crippen LogP contribution >= 0.6 is 0 Å². The summed E-state index contributed by atoms with van der Waals surface area (Å²) >= 11 is 0. The van der Waals surface area contributed by atoms with Crippen LogP contribution in [-0.2, 0) is 7.05 Å². The number of tetrazole rings is 1. The third-order valence-corrected chi connectivity index (χ3v) is 2.19. The molecule has 0 aromatic carbocycles. The summed E-state index contributed by atoms with van der Waals surface area (Å²) in [5, 5.41) is 15.3. The SMILES string of the molecule is Cn1nnc(C2CCCNC2)n1. The molecule has 1 aliphatic rings. The van der Waals surface area contributed by atoms with Crippen molar-refractivity contribution < 1.29 is 0 Å². The van der Waals surface area contributed by atoms with Crippen LogP contribution in [0.5, 0.6) is 0 Å². The van der Waals surface area contributed by atoms with Gasteiger partial charge in [-0.3, -0.25) is 0 Å². The summed E-state index contributed by atoms with van der Waals surface area (Å²) in [4.78, 5) is 1.52. The Morgan fingerprint density at radius 1 is 1.58 bits per heavy atom. The van der Waals surface area contributed by atoms with Gasteiger partial charge in [0.2, 0.25) is 0 Å². The third kappa shape index (κ3) is 1.45. The smallest absolute Gasteiger partial charge is 0.179 e. The first kappa shape index (κ1) is 7.67. The lowest BCUT2D eigenvalue weighted by Crippen LogP contribution is -2.29. The second-order valence-electron chi connectivity index (χ2n) is 3.18. The van der Waals surface area contributed by atoms with Crippen molar-refractivity contribution in [2.24, 2.45) is 7.05 Å². The van der Waals surface area contributed by atoms with Crippen molar-refractivity contribution in [2.75, 3.05) is 13.1 Å². The lowest BCUT2D eigenvalue weighted by molar-refractivity contribution is 0.445. The molecule has 12 heavy (non-hydrogen) atoms. The van der Waals surface area contributed by atoms with E-state index in [1.165, 1.54) is 17.6 Å². The standard InChI is InChI=1S/C7H13N5/c1-12-10-7(9-11-12)6-3-2-4-8-5-6/h6,8H,2-5H2,1H3. The van der Waals surface area contributed by atoms with Crippen LogP contribution < -0.4 is 5.32 Å². The summed E-state index contributed by atoms with van der Waals surface area (Å²) in [5.41, 5.74) is 0. The highest BCUT2D eigenvalue weighted by molar-refractivity contribution is 4.94. The van der Waals surface area contributed by atoms with Crippen molar-refractivity contribution in [2.45, 2.75) is 18.8 Å². The molecular formula is C7H13N5. The van der Waals surface area contributed by atoms with Gasteiger partial charge in [-0.2, -0.15) is 4.80 Å². The second-order valence-corrected chi connectivity index (χ2v) is 3.18. The fourth-order valence-corrected chi connectivity index (χ4v) is 1.53. The molecule has 0 amide bonds. The van der Waals surface area contributed by atoms with Gasteiger partial charge in [-0.1, -0.05) is 0 Å². The summed E-state index contributed by atoms with van der Waals surface area (Å²) in [6.45, 7) is 2.11. The van der Waals surface area contributed by atoms with Crippen LogP contribution in [0.1, 0.15) is 24.6 Å². The van der Waals surface area contributed by atoms with Gasteiger partial charge in [0.05, 0.1) is 7.05 Å². The molecule has 5 nitrogen and oxygen atoms in total. The highest BCUT2D eigenvalue weighted by Crippen LogP contribution is 2.18. The lowest BCUT2D eigenvalue weighted by atomic mass is 9.99. The van der Waals surface area contributed by atoms with Gasteiger partial charge in [-0.25, -0.2) is 0 Å². The van der Waals surface area contributed by atoms with E-state index in [9.17, 15) is 0 Å². The maximum Gasteiger partial charge on any atom is 0.179 e. The normalized spacial score (nSPS) is 24.2. The molecular weight excluding hydrogens is 154 g/mol. The first-order valence-corrected chi connectivity index (χ1v) is 4.31. The fraction of sp³-hybridized carbons (Fsp3) is 0.857. The van der Waals surface area contributed by atoms with Crippen LogP contribution in [0.25, 0.3) is 0 Å². The van der Waals surface area contributed by atoms with Gasteiger partial charge >= 0.3 is 0 Å². The van der Waals surface area contributed by atoms with Crippen LogP contribution in [0.15, 0.2) is 0 Å². The molecule has 2 rings (SSSR count). The Bertz CT molecular complexity index is 250. The maximum atomic E-state index is 4.19. The Labute approximate surface area is 71.1 Å². The van der Waals surface area contributed by atoms with E-state index >= 15 is 0 Å². The third-order valence-electron chi connectivity index (χ3n) is 2.19. The van der Waals surface area contributed by atoms with Crippen LogP contribution in [0, 0.1) is 0 Å². The van der Waals surface area contributed by atoms with E-state index < -0.39 is 0 Å². The molecule has 0 bridgehead atoms. The molecule has 5 heteroatoms. The highest BCUT2D eigenvalue weighted by atomic mass is 15.6. The largest absolute Gasteiger partial charge is 0.316 e. The zero-order valence-corrected chi connectivity index (χ0v) is 7.19. The van der Waals surface area contributed by atoms with Crippen LogP contribution in [0.2, 0.25) is 0 Å². The minimum atomic E-state index is 0.465. The van der Waals surface area contributed by atoms with Crippen molar-refractivity contribution in [1.29, 1.82) is 0 Å². The van der Waals surface area contributed by atoms with Gasteiger partial charge in [0.15, 0.2) is 5.82 Å². The zero-order valence-electron chi connectivity index (χ0n) is 7.19. The van der Waals surface area contributed by atoms with E-state index in [4.69, 9.17) is 0 Å². The molecule has 1 aliphatic heterocycles. The van der Waals surface area contributed by atoms with Gasteiger partial charge in [0, 0.05) is 12.5 Å². The molecule has 0 aliphatic carbocycles. The molecule has 1 N–H and O–H groups in total. The minimum absolute atomic E-state index is 0.465. The first-order valence-electron chi connectivity index (χ1n) is 4.31. The molecule has 1 saturated heterocycles. The van der Waals surface area contributed by atoms with Crippen molar-refractivity contribution in [3.05, 3.63) is 5.82 Å². The number of rotatable bonds is 1. The minimum Gasteiger partial charge on any atom is -0.316 e. The van der Waals surface area contributed by atoms with Crippen LogP contribution in [0.4, 0.5) is 0 Å². The molecule has 0 spiro atoms. The van der Waals surface area contributed by atoms with Crippen molar-refractivity contribution in [3.63, 3.8) is 0 Å². The summed E-state index contributed by atoms with van der Waals surface area (Å²) in [6, 6.07) is 0. The molecule has 0 saturated carbocycles. The fourth-order valence-electron chi connectivity index (χ4n) is 1.53. The quantitative estimate of drug-likeness (QED) is 0.622. The molecule has 66 valence electrons. The van der Waals surface area contributed by atoms with Gasteiger partial charge in [-0.05, 0) is 24.6 Å². The van der Waals surface area contributed by atoms with E-state index in [1.54, 1.807) is 7.05 Å².